The summed E-state index contributed by atoms with van der Waals surface area (Å²) in [5.74, 6) is -0.121. The molecule has 1 amide bonds. The molecule has 0 atom stereocenters. The van der Waals surface area contributed by atoms with E-state index in [2.05, 4.69) is 73.7 Å². The van der Waals surface area contributed by atoms with Crippen molar-refractivity contribution in [3.05, 3.63) is 42.1 Å². The van der Waals surface area contributed by atoms with Crippen molar-refractivity contribution in [3.63, 3.8) is 0 Å². The molecule has 0 aliphatic heterocycles. The first-order valence-corrected chi connectivity index (χ1v) is 17.8. The summed E-state index contributed by atoms with van der Waals surface area (Å²) in [6, 6.07) is 6.09. The molecule has 0 bridgehead atoms. The number of likely N-dealkylation sites (N-methyl/N-ethyl adjacent to an activating group) is 1. The lowest BCUT2D eigenvalue weighted by Gasteiger charge is -2.36. The number of unbranched alkanes of at least 4 members (excludes halogenated alkanes) is 1. The van der Waals surface area contributed by atoms with Crippen LogP contribution in [0.1, 0.15) is 82.5 Å². The van der Waals surface area contributed by atoms with Crippen LogP contribution in [0.2, 0.25) is 18.1 Å². The van der Waals surface area contributed by atoms with Gasteiger partial charge < -0.3 is 23.7 Å². The number of hydrogen-bond donors (Lipinski definition) is 1. The average Bonchev–Trinajstić information content (AvgIpc) is 3.56. The molecule has 1 aliphatic carbocycles. The van der Waals surface area contributed by atoms with E-state index in [0.717, 1.165) is 49.6 Å². The zero-order valence-electron chi connectivity index (χ0n) is 25.9. The fourth-order valence-electron chi connectivity index (χ4n) is 5.28. The number of nitrogens with zero attached hydrogens (tertiary/aromatic N) is 5. The van der Waals surface area contributed by atoms with E-state index in [4.69, 9.17) is 14.1 Å². The van der Waals surface area contributed by atoms with Gasteiger partial charge in [-0.3, -0.25) is 4.79 Å². The van der Waals surface area contributed by atoms with Crippen molar-refractivity contribution in [3.8, 4) is 11.6 Å². The summed E-state index contributed by atoms with van der Waals surface area (Å²) in [5.41, 5.74) is 0.745. The van der Waals surface area contributed by atoms with Gasteiger partial charge in [-0.1, -0.05) is 47.0 Å². The van der Waals surface area contributed by atoms with Crippen molar-refractivity contribution >= 4 is 25.3 Å². The second kappa shape index (κ2) is 12.5. The van der Waals surface area contributed by atoms with Crippen molar-refractivity contribution in [2.45, 2.75) is 96.3 Å². The fraction of sp³-hybridized carbons (Fsp3) is 0.613. The molecular weight excluding hydrogens is 534 g/mol. The molecule has 4 rings (SSSR count). The molecule has 3 aromatic rings. The first kappa shape index (κ1) is 31.0. The minimum atomic E-state index is -1.95. The van der Waals surface area contributed by atoms with Gasteiger partial charge in [-0.15, -0.1) is 0 Å². The number of aromatic nitrogens is 4. The smallest absolute Gasteiger partial charge is 0.276 e. The quantitative estimate of drug-likeness (QED) is 0.197. The molecule has 0 spiro atoms. The molecule has 3 aromatic heterocycles. The van der Waals surface area contributed by atoms with Crippen LogP contribution in [-0.2, 0) is 16.4 Å². The highest BCUT2D eigenvalue weighted by molar-refractivity contribution is 6.74. The predicted molar refractivity (Wildman–Crippen MR) is 164 cm³/mol. The van der Waals surface area contributed by atoms with Gasteiger partial charge in [0.2, 0.25) is 5.75 Å². The van der Waals surface area contributed by atoms with Gasteiger partial charge >= 0.3 is 0 Å². The molecule has 0 aromatic carbocycles. The number of ether oxygens (including phenoxy) is 1. The Morgan fingerprint density at radius 2 is 1.90 bits per heavy atom. The van der Waals surface area contributed by atoms with Crippen LogP contribution in [0.4, 0.5) is 0 Å². The molecular formula is C31H47N5O4Si. The van der Waals surface area contributed by atoms with E-state index in [1.807, 2.05) is 12.3 Å². The number of carbonyl (C=O) groups is 1. The average molecular weight is 582 g/mol. The van der Waals surface area contributed by atoms with Crippen molar-refractivity contribution in [1.29, 1.82) is 0 Å². The Morgan fingerprint density at radius 3 is 2.59 bits per heavy atom. The number of amides is 1. The standard InChI is InChI=1S/C31H47N5O4Si/c1-8-9-20-39-26-25(29(38)35(5)19-21-40-41(6,7)30(2,3)4)33-24(34-28(26)37)22-31(15-10-11-16-31)36-18-14-23-13-12-17-32-27(23)36/h12-14,17-18H,8-11,15-16,19-22H2,1-7H3,(H,33,34,37). The maximum atomic E-state index is 13.8. The molecule has 1 aliphatic rings. The summed E-state index contributed by atoms with van der Waals surface area (Å²) < 4.78 is 14.5. The van der Waals surface area contributed by atoms with Crippen molar-refractivity contribution in [1.82, 2.24) is 24.4 Å². The molecule has 1 fully saturated rings. The van der Waals surface area contributed by atoms with Crippen molar-refractivity contribution in [2.24, 2.45) is 0 Å². The van der Waals surface area contributed by atoms with E-state index in [-0.39, 0.29) is 33.8 Å². The molecule has 3 heterocycles. The topological polar surface area (TPSA) is 103 Å². The Morgan fingerprint density at radius 1 is 1.17 bits per heavy atom. The van der Waals surface area contributed by atoms with Crippen LogP contribution in [-0.4, -0.2) is 70.6 Å². The molecule has 9 nitrogen and oxygen atoms in total. The van der Waals surface area contributed by atoms with E-state index in [0.29, 0.717) is 32.0 Å². The monoisotopic (exact) mass is 581 g/mol. The van der Waals surface area contributed by atoms with Crippen molar-refractivity contribution < 1.29 is 19.1 Å². The van der Waals surface area contributed by atoms with Gasteiger partial charge in [-0.05, 0) is 55.6 Å². The summed E-state index contributed by atoms with van der Waals surface area (Å²) in [5, 5.41) is 12.2. The molecule has 1 saturated carbocycles. The van der Waals surface area contributed by atoms with Gasteiger partial charge in [-0.25, -0.2) is 9.97 Å². The van der Waals surface area contributed by atoms with Gasteiger partial charge in [0, 0.05) is 37.8 Å². The van der Waals surface area contributed by atoms with Gasteiger partial charge in [-0.2, -0.15) is 4.98 Å². The zero-order chi connectivity index (χ0) is 29.8. The first-order valence-electron chi connectivity index (χ1n) is 14.9. The minimum absolute atomic E-state index is 0.0536. The van der Waals surface area contributed by atoms with E-state index in [1.165, 1.54) is 0 Å². The number of pyridine rings is 1. The zero-order valence-corrected chi connectivity index (χ0v) is 26.9. The van der Waals surface area contributed by atoms with E-state index < -0.39 is 8.32 Å². The molecule has 10 heteroatoms. The highest BCUT2D eigenvalue weighted by Gasteiger charge is 2.39. The molecule has 0 saturated heterocycles. The third-order valence-corrected chi connectivity index (χ3v) is 13.4. The van der Waals surface area contributed by atoms with Crippen LogP contribution in [0.5, 0.6) is 11.6 Å². The largest absolute Gasteiger partial charge is 0.491 e. The Hall–Kier alpha value is -2.98. The summed E-state index contributed by atoms with van der Waals surface area (Å²) in [6.45, 7) is 14.3. The Bertz CT molecular complexity index is 1340. The maximum Gasteiger partial charge on any atom is 0.276 e. The van der Waals surface area contributed by atoms with Gasteiger partial charge in [0.15, 0.2) is 14.0 Å². The number of fused-ring (bicyclic) bond motifs is 1. The Balaban J connectivity index is 1.63. The van der Waals surface area contributed by atoms with Gasteiger partial charge in [0.05, 0.1) is 18.8 Å². The van der Waals surface area contributed by atoms with E-state index >= 15 is 0 Å². The van der Waals surface area contributed by atoms with Crippen LogP contribution in [0, 0.1) is 0 Å². The Labute approximate surface area is 245 Å². The number of rotatable bonds is 12. The normalized spacial score (nSPS) is 15.4. The highest BCUT2D eigenvalue weighted by Crippen LogP contribution is 2.42. The minimum Gasteiger partial charge on any atom is -0.491 e. The lowest BCUT2D eigenvalue weighted by atomic mass is 9.92. The SMILES string of the molecule is CCCCOc1c(O)nc(CC2(n3ccc4cccnc43)CCCC2)nc1C(=O)N(C)CCO[Si](C)(C)C(C)(C)C. The second-order valence-electron chi connectivity index (χ2n) is 12.9. The van der Waals surface area contributed by atoms with Crippen LogP contribution in [0.25, 0.3) is 11.0 Å². The molecule has 0 unspecified atom stereocenters. The second-order valence-corrected chi connectivity index (χ2v) is 17.7. The number of aromatic hydroxyl groups is 1. The molecule has 1 N–H and O–H groups in total. The number of carbonyl (C=O) groups excluding carboxylic acids is 1. The highest BCUT2D eigenvalue weighted by atomic mass is 28.4. The summed E-state index contributed by atoms with van der Waals surface area (Å²) in [7, 11) is -0.209. The van der Waals surface area contributed by atoms with Crippen LogP contribution >= 0.6 is 0 Å². The molecule has 224 valence electrons. The third kappa shape index (κ3) is 6.75. The summed E-state index contributed by atoms with van der Waals surface area (Å²) >= 11 is 0. The van der Waals surface area contributed by atoms with Gasteiger partial charge in [0.1, 0.15) is 11.5 Å². The predicted octanol–water partition coefficient (Wildman–Crippen LogP) is 6.32. The maximum absolute atomic E-state index is 13.8. The Kier molecular flexibility index (Phi) is 9.43. The third-order valence-electron chi connectivity index (χ3n) is 8.86. The molecule has 0 radical (unpaired) electrons. The lowest BCUT2D eigenvalue weighted by Crippen LogP contribution is -2.43. The van der Waals surface area contributed by atoms with Crippen molar-refractivity contribution in [2.75, 3.05) is 26.8 Å². The summed E-state index contributed by atoms with van der Waals surface area (Å²) in [4.78, 5) is 29.3. The first-order chi connectivity index (χ1) is 19.4. The van der Waals surface area contributed by atoms with E-state index in [1.54, 1.807) is 11.9 Å². The van der Waals surface area contributed by atoms with Crippen LogP contribution in [0.15, 0.2) is 30.6 Å². The summed E-state index contributed by atoms with van der Waals surface area (Å²) in [6.07, 6.45) is 10.2. The molecule has 41 heavy (non-hydrogen) atoms. The fourth-order valence-corrected chi connectivity index (χ4v) is 6.31. The van der Waals surface area contributed by atoms with Crippen LogP contribution < -0.4 is 4.74 Å². The van der Waals surface area contributed by atoms with Gasteiger partial charge in [0.25, 0.3) is 11.8 Å². The van der Waals surface area contributed by atoms with E-state index in [9.17, 15) is 9.90 Å². The number of hydrogen-bond acceptors (Lipinski definition) is 7. The lowest BCUT2D eigenvalue weighted by molar-refractivity contribution is 0.0757. The van der Waals surface area contributed by atoms with Crippen LogP contribution in [0.3, 0.4) is 0 Å².